The predicted octanol–water partition coefficient (Wildman–Crippen LogP) is 1.66. The van der Waals surface area contributed by atoms with Crippen LogP contribution in [0.2, 0.25) is 0 Å². The van der Waals surface area contributed by atoms with Crippen LogP contribution in [0.1, 0.15) is 44.8 Å². The van der Waals surface area contributed by atoms with Crippen LogP contribution in [-0.4, -0.2) is 27.3 Å². The van der Waals surface area contributed by atoms with Gasteiger partial charge in [0.2, 0.25) is 0 Å². The van der Waals surface area contributed by atoms with Crippen molar-refractivity contribution in [3.8, 4) is 0 Å². The van der Waals surface area contributed by atoms with Crippen molar-refractivity contribution in [2.24, 2.45) is 0 Å². The van der Waals surface area contributed by atoms with E-state index in [4.69, 9.17) is 4.74 Å². The second-order valence-electron chi connectivity index (χ2n) is 3.73. The maximum absolute atomic E-state index is 11.6. The number of carbonyl (C=O) groups excluding carboxylic acids is 1. The van der Waals surface area contributed by atoms with Crippen LogP contribution in [0.15, 0.2) is 0 Å². The molecule has 0 saturated carbocycles. The zero-order valence-corrected chi connectivity index (χ0v) is 10.4. The van der Waals surface area contributed by atoms with Crippen LogP contribution in [0.25, 0.3) is 0 Å². The summed E-state index contributed by atoms with van der Waals surface area (Å²) in [4.78, 5) is 11.6. The zero-order chi connectivity index (χ0) is 12.1. The van der Waals surface area contributed by atoms with E-state index in [0.29, 0.717) is 12.4 Å². The van der Waals surface area contributed by atoms with E-state index in [-0.39, 0.29) is 11.9 Å². The fourth-order valence-electron chi connectivity index (χ4n) is 1.59. The molecule has 1 unspecified atom stereocenters. The molecule has 1 rings (SSSR count). The third kappa shape index (κ3) is 2.59. The average molecular weight is 225 g/mol. The van der Waals surface area contributed by atoms with Gasteiger partial charge in [-0.3, -0.25) is 4.79 Å². The van der Waals surface area contributed by atoms with Crippen LogP contribution < -0.4 is 0 Å². The standard InChI is InChI=1S/C11H19N3O2/c1-5-7-14-9(4)12-13-10(14)8(3)11(15)16-6-2/h8H,5-7H2,1-4H3. The third-order valence-corrected chi connectivity index (χ3v) is 2.44. The molecular weight excluding hydrogens is 206 g/mol. The maximum atomic E-state index is 11.6. The molecule has 90 valence electrons. The first-order chi connectivity index (χ1) is 7.61. The molecule has 0 bridgehead atoms. The fraction of sp³-hybridized carbons (Fsp3) is 0.727. The Balaban J connectivity index is 2.90. The highest BCUT2D eigenvalue weighted by Crippen LogP contribution is 2.16. The van der Waals surface area contributed by atoms with E-state index in [1.54, 1.807) is 13.8 Å². The fourth-order valence-corrected chi connectivity index (χ4v) is 1.59. The number of nitrogens with zero attached hydrogens (tertiary/aromatic N) is 3. The molecule has 0 aliphatic carbocycles. The van der Waals surface area contributed by atoms with Crippen LogP contribution in [-0.2, 0) is 16.1 Å². The van der Waals surface area contributed by atoms with Gasteiger partial charge in [-0.2, -0.15) is 0 Å². The zero-order valence-electron chi connectivity index (χ0n) is 10.4. The number of rotatable bonds is 5. The summed E-state index contributed by atoms with van der Waals surface area (Å²) in [5.74, 6) is 0.936. The molecule has 0 aliphatic rings. The first-order valence-electron chi connectivity index (χ1n) is 5.68. The van der Waals surface area contributed by atoms with Gasteiger partial charge < -0.3 is 9.30 Å². The molecule has 5 nitrogen and oxygen atoms in total. The van der Waals surface area contributed by atoms with E-state index in [9.17, 15) is 4.79 Å². The van der Waals surface area contributed by atoms with Gasteiger partial charge in [0, 0.05) is 6.54 Å². The Hall–Kier alpha value is -1.39. The average Bonchev–Trinajstić information content (AvgIpc) is 2.61. The van der Waals surface area contributed by atoms with Crippen molar-refractivity contribution in [2.75, 3.05) is 6.61 Å². The number of hydrogen-bond donors (Lipinski definition) is 0. The number of ether oxygens (including phenoxy) is 1. The summed E-state index contributed by atoms with van der Waals surface area (Å²) in [6, 6.07) is 0. The topological polar surface area (TPSA) is 57.0 Å². The molecule has 0 aromatic carbocycles. The highest BCUT2D eigenvalue weighted by molar-refractivity contribution is 5.76. The molecule has 0 aliphatic heterocycles. The van der Waals surface area contributed by atoms with Gasteiger partial charge in [-0.25, -0.2) is 0 Å². The van der Waals surface area contributed by atoms with Crippen molar-refractivity contribution in [1.29, 1.82) is 0 Å². The Morgan fingerprint density at radius 3 is 2.69 bits per heavy atom. The van der Waals surface area contributed by atoms with E-state index < -0.39 is 0 Å². The molecule has 5 heteroatoms. The maximum Gasteiger partial charge on any atom is 0.316 e. The summed E-state index contributed by atoms with van der Waals surface area (Å²) in [5, 5.41) is 8.05. The van der Waals surface area contributed by atoms with Gasteiger partial charge >= 0.3 is 5.97 Å². The molecule has 0 spiro atoms. The highest BCUT2D eigenvalue weighted by Gasteiger charge is 2.23. The van der Waals surface area contributed by atoms with Crippen LogP contribution in [0.3, 0.4) is 0 Å². The Morgan fingerprint density at radius 1 is 1.44 bits per heavy atom. The second kappa shape index (κ2) is 5.63. The molecule has 0 amide bonds. The van der Waals surface area contributed by atoms with Crippen LogP contribution in [0.5, 0.6) is 0 Å². The Kier molecular flexibility index (Phi) is 4.46. The van der Waals surface area contributed by atoms with Gasteiger partial charge in [-0.1, -0.05) is 6.92 Å². The molecule has 1 heterocycles. The lowest BCUT2D eigenvalue weighted by Crippen LogP contribution is -2.18. The first-order valence-corrected chi connectivity index (χ1v) is 5.68. The molecule has 0 radical (unpaired) electrons. The third-order valence-electron chi connectivity index (χ3n) is 2.44. The largest absolute Gasteiger partial charge is 0.465 e. The Bertz CT molecular complexity index is 360. The van der Waals surface area contributed by atoms with Crippen molar-refractivity contribution in [3.63, 3.8) is 0 Å². The lowest BCUT2D eigenvalue weighted by molar-refractivity contribution is -0.144. The second-order valence-corrected chi connectivity index (χ2v) is 3.73. The Labute approximate surface area is 95.8 Å². The van der Waals surface area contributed by atoms with E-state index >= 15 is 0 Å². The lowest BCUT2D eigenvalue weighted by Gasteiger charge is -2.12. The minimum Gasteiger partial charge on any atom is -0.465 e. The summed E-state index contributed by atoms with van der Waals surface area (Å²) >= 11 is 0. The van der Waals surface area contributed by atoms with Crippen LogP contribution in [0, 0.1) is 6.92 Å². The number of aromatic nitrogens is 3. The normalized spacial score (nSPS) is 12.5. The summed E-state index contributed by atoms with van der Waals surface area (Å²) in [6.07, 6.45) is 0.988. The molecule has 0 saturated heterocycles. The summed E-state index contributed by atoms with van der Waals surface area (Å²) < 4.78 is 6.95. The summed E-state index contributed by atoms with van der Waals surface area (Å²) in [6.45, 7) is 8.80. The number of carbonyl (C=O) groups is 1. The minimum atomic E-state index is -0.354. The first kappa shape index (κ1) is 12.7. The Morgan fingerprint density at radius 2 is 2.12 bits per heavy atom. The SMILES string of the molecule is CCCn1c(C)nnc1C(C)C(=O)OCC. The van der Waals surface area contributed by atoms with E-state index in [1.807, 2.05) is 11.5 Å². The molecular formula is C11H19N3O2. The van der Waals surface area contributed by atoms with Crippen molar-refractivity contribution in [3.05, 3.63) is 11.6 Å². The van der Waals surface area contributed by atoms with E-state index in [1.165, 1.54) is 0 Å². The molecule has 1 aromatic heterocycles. The predicted molar refractivity (Wildman–Crippen MR) is 60.1 cm³/mol. The number of esters is 1. The monoisotopic (exact) mass is 225 g/mol. The van der Waals surface area contributed by atoms with Gasteiger partial charge in [0.15, 0.2) is 0 Å². The quantitative estimate of drug-likeness (QED) is 0.715. The molecule has 1 atom stereocenters. The van der Waals surface area contributed by atoms with Gasteiger partial charge in [0.1, 0.15) is 17.6 Å². The van der Waals surface area contributed by atoms with Gasteiger partial charge in [-0.05, 0) is 27.2 Å². The lowest BCUT2D eigenvalue weighted by atomic mass is 10.1. The number of hydrogen-bond acceptors (Lipinski definition) is 4. The molecule has 0 N–H and O–H groups in total. The van der Waals surface area contributed by atoms with Crippen LogP contribution in [0.4, 0.5) is 0 Å². The molecule has 0 fully saturated rings. The summed E-state index contributed by atoms with van der Waals surface area (Å²) in [7, 11) is 0. The van der Waals surface area contributed by atoms with E-state index in [2.05, 4.69) is 17.1 Å². The van der Waals surface area contributed by atoms with Crippen molar-refractivity contribution < 1.29 is 9.53 Å². The van der Waals surface area contributed by atoms with Crippen molar-refractivity contribution in [1.82, 2.24) is 14.8 Å². The summed E-state index contributed by atoms with van der Waals surface area (Å²) in [5.41, 5.74) is 0. The number of aryl methyl sites for hydroxylation is 1. The molecule has 16 heavy (non-hydrogen) atoms. The van der Waals surface area contributed by atoms with Crippen LogP contribution >= 0.6 is 0 Å². The van der Waals surface area contributed by atoms with Gasteiger partial charge in [0.25, 0.3) is 0 Å². The molecule has 1 aromatic rings. The smallest absolute Gasteiger partial charge is 0.316 e. The van der Waals surface area contributed by atoms with Gasteiger partial charge in [0.05, 0.1) is 6.61 Å². The van der Waals surface area contributed by atoms with Crippen molar-refractivity contribution in [2.45, 2.75) is 46.6 Å². The minimum absolute atomic E-state index is 0.243. The van der Waals surface area contributed by atoms with E-state index in [0.717, 1.165) is 18.8 Å². The van der Waals surface area contributed by atoms with Gasteiger partial charge in [-0.15, -0.1) is 10.2 Å². The highest BCUT2D eigenvalue weighted by atomic mass is 16.5. The van der Waals surface area contributed by atoms with Crippen molar-refractivity contribution >= 4 is 5.97 Å².